The average molecular weight is 327 g/mol. The first kappa shape index (κ1) is 15.9. The summed E-state index contributed by atoms with van der Waals surface area (Å²) in [7, 11) is 1.30. The molecule has 0 N–H and O–H groups in total. The number of nitrogens with zero attached hydrogens (tertiary/aromatic N) is 1. The van der Waals surface area contributed by atoms with Gasteiger partial charge >= 0.3 is 11.7 Å². The number of aromatic nitrogens is 1. The molecule has 0 bridgehead atoms. The van der Waals surface area contributed by atoms with Crippen molar-refractivity contribution in [3.8, 4) is 5.75 Å². The van der Waals surface area contributed by atoms with Crippen LogP contribution in [0.25, 0.3) is 11.1 Å². The summed E-state index contributed by atoms with van der Waals surface area (Å²) in [5, 5.41) is 0. The minimum atomic E-state index is -0.487. The minimum absolute atomic E-state index is 0.330. The van der Waals surface area contributed by atoms with Gasteiger partial charge in [0.05, 0.1) is 24.7 Å². The molecular formula is C18H17NO5. The number of fused-ring (bicyclic) bond motifs is 1. The molecule has 0 aliphatic carbocycles. The first-order valence-electron chi connectivity index (χ1n) is 7.49. The van der Waals surface area contributed by atoms with E-state index in [2.05, 4.69) is 4.74 Å². The van der Waals surface area contributed by atoms with E-state index in [0.717, 1.165) is 11.3 Å². The van der Waals surface area contributed by atoms with Gasteiger partial charge in [-0.15, -0.1) is 0 Å². The number of benzene rings is 2. The molecule has 1 aromatic heterocycles. The van der Waals surface area contributed by atoms with E-state index in [4.69, 9.17) is 9.15 Å². The Bertz CT molecular complexity index is 921. The van der Waals surface area contributed by atoms with Gasteiger partial charge in [-0.2, -0.15) is 0 Å². The lowest BCUT2D eigenvalue weighted by molar-refractivity contribution is 0.0601. The van der Waals surface area contributed by atoms with Gasteiger partial charge in [0.25, 0.3) is 0 Å². The van der Waals surface area contributed by atoms with Gasteiger partial charge in [-0.25, -0.2) is 9.59 Å². The number of carbonyl (C=O) groups excluding carboxylic acids is 1. The normalized spacial score (nSPS) is 10.8. The Kier molecular flexibility index (Phi) is 4.37. The van der Waals surface area contributed by atoms with Crippen LogP contribution in [0.5, 0.6) is 5.75 Å². The van der Waals surface area contributed by atoms with Crippen LogP contribution in [0.1, 0.15) is 15.9 Å². The Morgan fingerprint density at radius 3 is 2.62 bits per heavy atom. The van der Waals surface area contributed by atoms with Gasteiger partial charge in [-0.3, -0.25) is 4.57 Å². The third kappa shape index (κ3) is 3.17. The van der Waals surface area contributed by atoms with Gasteiger partial charge in [0.2, 0.25) is 0 Å². The summed E-state index contributed by atoms with van der Waals surface area (Å²) in [6.07, 6.45) is 0. The van der Waals surface area contributed by atoms with E-state index < -0.39 is 11.7 Å². The van der Waals surface area contributed by atoms with E-state index in [9.17, 15) is 9.59 Å². The molecule has 6 nitrogen and oxygen atoms in total. The Morgan fingerprint density at radius 2 is 1.92 bits per heavy atom. The molecule has 124 valence electrons. The highest BCUT2D eigenvalue weighted by Gasteiger charge is 2.13. The van der Waals surface area contributed by atoms with Crippen LogP contribution < -0.4 is 10.5 Å². The highest BCUT2D eigenvalue weighted by Crippen LogP contribution is 2.16. The average Bonchev–Trinajstić information content (AvgIpc) is 2.90. The fourth-order valence-corrected chi connectivity index (χ4v) is 2.41. The second-order valence-corrected chi connectivity index (χ2v) is 5.36. The second-order valence-electron chi connectivity index (χ2n) is 5.36. The summed E-state index contributed by atoms with van der Waals surface area (Å²) in [6, 6.07) is 12.5. The summed E-state index contributed by atoms with van der Waals surface area (Å²) in [4.78, 5) is 23.5. The highest BCUT2D eigenvalue weighted by atomic mass is 16.5. The molecule has 0 aliphatic heterocycles. The lowest BCUT2D eigenvalue weighted by atomic mass is 10.2. The topological polar surface area (TPSA) is 70.7 Å². The van der Waals surface area contributed by atoms with Crippen molar-refractivity contribution in [2.24, 2.45) is 0 Å². The number of ether oxygens (including phenoxy) is 2. The zero-order valence-corrected chi connectivity index (χ0v) is 13.4. The maximum atomic E-state index is 12.0. The third-order valence-electron chi connectivity index (χ3n) is 3.69. The fourth-order valence-electron chi connectivity index (χ4n) is 2.41. The van der Waals surface area contributed by atoms with Crippen molar-refractivity contribution in [1.29, 1.82) is 0 Å². The maximum Gasteiger partial charge on any atom is 0.420 e. The molecule has 0 aliphatic rings. The molecular weight excluding hydrogens is 310 g/mol. The van der Waals surface area contributed by atoms with Crippen molar-refractivity contribution in [2.45, 2.75) is 13.5 Å². The molecule has 0 fully saturated rings. The van der Waals surface area contributed by atoms with Gasteiger partial charge < -0.3 is 13.9 Å². The Balaban J connectivity index is 1.77. The molecule has 1 heterocycles. The van der Waals surface area contributed by atoms with E-state index in [0.29, 0.717) is 29.8 Å². The van der Waals surface area contributed by atoms with Gasteiger partial charge in [-0.05, 0) is 37.3 Å². The van der Waals surface area contributed by atoms with Crippen molar-refractivity contribution < 1.29 is 18.7 Å². The molecule has 3 rings (SSSR count). The number of methoxy groups -OCH3 is 1. The van der Waals surface area contributed by atoms with Gasteiger partial charge in [0.1, 0.15) is 12.4 Å². The van der Waals surface area contributed by atoms with Crippen LogP contribution in [0, 0.1) is 6.92 Å². The van der Waals surface area contributed by atoms with Crippen LogP contribution in [0.15, 0.2) is 51.7 Å². The summed E-state index contributed by atoms with van der Waals surface area (Å²) >= 11 is 0. The number of hydrogen-bond acceptors (Lipinski definition) is 5. The summed E-state index contributed by atoms with van der Waals surface area (Å²) in [5.74, 6) is -0.219. The minimum Gasteiger partial charge on any atom is -0.492 e. The number of carbonyl (C=O) groups is 1. The summed E-state index contributed by atoms with van der Waals surface area (Å²) < 4.78 is 17.0. The van der Waals surface area contributed by atoms with Gasteiger partial charge in [0.15, 0.2) is 5.58 Å². The number of esters is 1. The molecule has 2 aromatic carbocycles. The Hall–Kier alpha value is -3.02. The fraction of sp³-hybridized carbons (Fsp3) is 0.222. The Labute approximate surface area is 138 Å². The van der Waals surface area contributed by atoms with Crippen LogP contribution >= 0.6 is 0 Å². The van der Waals surface area contributed by atoms with Crippen LogP contribution in [0.4, 0.5) is 0 Å². The number of rotatable bonds is 5. The molecule has 24 heavy (non-hydrogen) atoms. The quantitative estimate of drug-likeness (QED) is 0.674. The zero-order chi connectivity index (χ0) is 17.1. The van der Waals surface area contributed by atoms with Crippen LogP contribution in [0.3, 0.4) is 0 Å². The number of aryl methyl sites for hydroxylation is 1. The summed E-state index contributed by atoms with van der Waals surface area (Å²) in [5.41, 5.74) is 2.45. The first-order valence-corrected chi connectivity index (χ1v) is 7.49. The standard InChI is InChI=1S/C18H17NO5/c1-12-3-6-14(7-4-12)23-10-9-19-15-8-5-13(17(20)22-2)11-16(15)24-18(19)21/h3-8,11H,9-10H2,1-2H3. The summed E-state index contributed by atoms with van der Waals surface area (Å²) in [6.45, 7) is 2.68. The molecule has 0 saturated heterocycles. The Morgan fingerprint density at radius 1 is 1.17 bits per heavy atom. The molecule has 3 aromatic rings. The predicted molar refractivity (Wildman–Crippen MR) is 88.5 cm³/mol. The molecule has 0 amide bonds. The van der Waals surface area contributed by atoms with Gasteiger partial charge in [0, 0.05) is 0 Å². The molecule has 6 heteroatoms. The molecule has 0 radical (unpaired) electrons. The number of oxazole rings is 1. The van der Waals surface area contributed by atoms with E-state index in [1.807, 2.05) is 31.2 Å². The van der Waals surface area contributed by atoms with Crippen molar-refractivity contribution in [1.82, 2.24) is 4.57 Å². The molecule has 0 saturated carbocycles. The van der Waals surface area contributed by atoms with E-state index in [1.54, 1.807) is 12.1 Å². The van der Waals surface area contributed by atoms with E-state index in [1.165, 1.54) is 17.7 Å². The van der Waals surface area contributed by atoms with Crippen LogP contribution in [-0.4, -0.2) is 24.3 Å². The largest absolute Gasteiger partial charge is 0.492 e. The molecule has 0 spiro atoms. The van der Waals surface area contributed by atoms with Crippen molar-refractivity contribution in [2.75, 3.05) is 13.7 Å². The monoisotopic (exact) mass is 327 g/mol. The van der Waals surface area contributed by atoms with E-state index in [-0.39, 0.29) is 0 Å². The lowest BCUT2D eigenvalue weighted by Gasteiger charge is -2.07. The zero-order valence-electron chi connectivity index (χ0n) is 13.4. The highest BCUT2D eigenvalue weighted by molar-refractivity contribution is 5.93. The first-order chi connectivity index (χ1) is 11.6. The number of hydrogen-bond donors (Lipinski definition) is 0. The van der Waals surface area contributed by atoms with Crippen molar-refractivity contribution in [3.63, 3.8) is 0 Å². The van der Waals surface area contributed by atoms with Crippen molar-refractivity contribution in [3.05, 3.63) is 64.1 Å². The SMILES string of the molecule is COC(=O)c1ccc2c(c1)oc(=O)n2CCOc1ccc(C)cc1. The van der Waals surface area contributed by atoms with Crippen molar-refractivity contribution >= 4 is 17.1 Å². The van der Waals surface area contributed by atoms with Crippen LogP contribution in [0.2, 0.25) is 0 Å². The maximum absolute atomic E-state index is 12.0. The molecule has 0 unspecified atom stereocenters. The van der Waals surface area contributed by atoms with Gasteiger partial charge in [-0.1, -0.05) is 17.7 Å². The smallest absolute Gasteiger partial charge is 0.420 e. The van der Waals surface area contributed by atoms with Crippen LogP contribution in [-0.2, 0) is 11.3 Å². The second kappa shape index (κ2) is 6.62. The van der Waals surface area contributed by atoms with E-state index >= 15 is 0 Å². The lowest BCUT2D eigenvalue weighted by Crippen LogP contribution is -2.18. The predicted octanol–water partition coefficient (Wildman–Crippen LogP) is 2.77. The molecule has 0 atom stereocenters. The third-order valence-corrected chi connectivity index (χ3v) is 3.69.